The molecule has 1 rings (SSSR count). The molecule has 0 aromatic carbocycles. The van der Waals surface area contributed by atoms with Gasteiger partial charge in [0.15, 0.2) is 0 Å². The number of hydrogen-bond acceptors (Lipinski definition) is 2. The molecule has 0 aromatic rings. The average Bonchev–Trinajstić information content (AvgIpc) is 2.34. The van der Waals surface area contributed by atoms with Crippen LogP contribution in [0.15, 0.2) is 0 Å². The van der Waals surface area contributed by atoms with Crippen molar-refractivity contribution in [2.24, 2.45) is 5.92 Å². The molecule has 0 spiro atoms. The van der Waals surface area contributed by atoms with Crippen LogP contribution in [0.5, 0.6) is 0 Å². The van der Waals surface area contributed by atoms with Gasteiger partial charge in [0.2, 0.25) is 0 Å². The van der Waals surface area contributed by atoms with Crippen LogP contribution in [-0.2, 0) is 0 Å². The highest BCUT2D eigenvalue weighted by molar-refractivity contribution is 4.69. The van der Waals surface area contributed by atoms with Crippen molar-refractivity contribution in [3.8, 4) is 0 Å². The van der Waals surface area contributed by atoms with E-state index in [2.05, 4.69) is 6.92 Å². The van der Waals surface area contributed by atoms with E-state index in [4.69, 9.17) is 0 Å². The summed E-state index contributed by atoms with van der Waals surface area (Å²) >= 11 is 0. The molecule has 1 atom stereocenters. The fourth-order valence-corrected chi connectivity index (χ4v) is 1.24. The zero-order chi connectivity index (χ0) is 6.69. The third-order valence-corrected chi connectivity index (χ3v) is 1.98. The molecule has 0 radical (unpaired) electrons. The number of hydrazine groups is 1. The predicted octanol–water partition coefficient (Wildman–Crippen LogP) is 1.11. The molecule has 54 valence electrons. The molecule has 0 saturated carbocycles. The van der Waals surface area contributed by atoms with Gasteiger partial charge in [-0.1, -0.05) is 19.0 Å². The number of nitrogens with one attached hydrogen (secondary N) is 1. The molecule has 9 heavy (non-hydrogen) atoms. The van der Waals surface area contributed by atoms with Crippen molar-refractivity contribution in [2.45, 2.75) is 19.8 Å². The van der Waals surface area contributed by atoms with Crippen molar-refractivity contribution in [2.75, 3.05) is 13.1 Å². The summed E-state index contributed by atoms with van der Waals surface area (Å²) in [4.78, 5) is 0. The first kappa shape index (κ1) is 6.96. The lowest BCUT2D eigenvalue weighted by atomic mass is 10.1. The first-order chi connectivity index (χ1) is 4.36. The van der Waals surface area contributed by atoms with E-state index in [0.717, 1.165) is 25.9 Å². The van der Waals surface area contributed by atoms with Gasteiger partial charge in [-0.2, -0.15) is 0 Å². The summed E-state index contributed by atoms with van der Waals surface area (Å²) < 4.78 is 11.7. The molecule has 0 aliphatic carbocycles. The maximum absolute atomic E-state index is 11.7. The van der Waals surface area contributed by atoms with E-state index < -0.39 is 0 Å². The number of hydrogen-bond donors (Lipinski definition) is 1. The Morgan fingerprint density at radius 2 is 2.56 bits per heavy atom. The molecule has 0 unspecified atom stereocenters. The molecule has 1 fully saturated rings. The summed E-state index contributed by atoms with van der Waals surface area (Å²) in [6.45, 7) is 3.87. The second-order valence-electron chi connectivity index (χ2n) is 2.59. The third kappa shape index (κ3) is 1.63. The van der Waals surface area contributed by atoms with Crippen LogP contribution in [0.25, 0.3) is 0 Å². The summed E-state index contributed by atoms with van der Waals surface area (Å²) in [5.41, 5.74) is 1.66. The summed E-state index contributed by atoms with van der Waals surface area (Å²) in [5, 5.41) is 1.62. The zero-order valence-electron chi connectivity index (χ0n) is 5.73. The van der Waals surface area contributed by atoms with Crippen LogP contribution in [0.2, 0.25) is 0 Å². The first-order valence-electron chi connectivity index (χ1n) is 3.48. The Balaban J connectivity index is 2.20. The monoisotopic (exact) mass is 132 g/mol. The minimum atomic E-state index is 0.702. The lowest BCUT2D eigenvalue weighted by Crippen LogP contribution is -2.29. The standard InChI is InChI=1S/C6H13FN2/c1-2-6-3-4-9(5-6)8-7/h6,8H,2-5H2,1H3/t6-/m1/s1. The van der Waals surface area contributed by atoms with Crippen molar-refractivity contribution < 1.29 is 4.48 Å². The van der Waals surface area contributed by atoms with Crippen LogP contribution < -0.4 is 5.65 Å². The molecule has 2 nitrogen and oxygen atoms in total. The largest absolute Gasteiger partial charge is 0.217 e. The molecule has 1 heterocycles. The lowest BCUT2D eigenvalue weighted by molar-refractivity contribution is 0.0851. The van der Waals surface area contributed by atoms with Crippen molar-refractivity contribution in [3.05, 3.63) is 0 Å². The van der Waals surface area contributed by atoms with Crippen LogP contribution in [0.4, 0.5) is 4.48 Å². The number of nitrogens with zero attached hydrogens (tertiary/aromatic N) is 1. The highest BCUT2D eigenvalue weighted by Gasteiger charge is 2.19. The fourth-order valence-electron chi connectivity index (χ4n) is 1.24. The normalized spacial score (nSPS) is 29.3. The molecule has 0 amide bonds. The van der Waals surface area contributed by atoms with E-state index >= 15 is 0 Å². The van der Waals surface area contributed by atoms with Crippen molar-refractivity contribution in [1.29, 1.82) is 0 Å². The first-order valence-corrected chi connectivity index (χ1v) is 3.48. The molecule has 0 bridgehead atoms. The van der Waals surface area contributed by atoms with Gasteiger partial charge in [0.25, 0.3) is 0 Å². The van der Waals surface area contributed by atoms with Gasteiger partial charge in [0.1, 0.15) is 0 Å². The minimum Gasteiger partial charge on any atom is -0.217 e. The van der Waals surface area contributed by atoms with E-state index in [9.17, 15) is 4.48 Å². The zero-order valence-corrected chi connectivity index (χ0v) is 5.73. The quantitative estimate of drug-likeness (QED) is 0.566. The van der Waals surface area contributed by atoms with Crippen molar-refractivity contribution >= 4 is 0 Å². The smallest absolute Gasteiger partial charge is 0.0184 e. The van der Waals surface area contributed by atoms with Crippen molar-refractivity contribution in [1.82, 2.24) is 10.7 Å². The highest BCUT2D eigenvalue weighted by Crippen LogP contribution is 2.16. The molecule has 1 saturated heterocycles. The van der Waals surface area contributed by atoms with Gasteiger partial charge in [-0.15, -0.1) is 4.48 Å². The average molecular weight is 132 g/mol. The van der Waals surface area contributed by atoms with Crippen LogP contribution in [0, 0.1) is 5.92 Å². The van der Waals surface area contributed by atoms with Gasteiger partial charge in [-0.05, 0) is 12.3 Å². The molecular weight excluding hydrogens is 119 g/mol. The molecule has 1 aliphatic rings. The molecule has 0 aromatic heterocycles. The SMILES string of the molecule is CC[C@@H]1CCN(NF)C1. The van der Waals surface area contributed by atoms with Crippen LogP contribution in [-0.4, -0.2) is 18.1 Å². The maximum Gasteiger partial charge on any atom is 0.0184 e. The Labute approximate surface area is 54.9 Å². The summed E-state index contributed by atoms with van der Waals surface area (Å²) in [7, 11) is 0. The topological polar surface area (TPSA) is 15.3 Å². The van der Waals surface area contributed by atoms with Gasteiger partial charge in [-0.25, -0.2) is 5.01 Å². The molecule has 3 heteroatoms. The third-order valence-electron chi connectivity index (χ3n) is 1.98. The van der Waals surface area contributed by atoms with Gasteiger partial charge >= 0.3 is 0 Å². The fraction of sp³-hybridized carbons (Fsp3) is 1.00. The Kier molecular flexibility index (Phi) is 2.42. The maximum atomic E-state index is 11.7. The van der Waals surface area contributed by atoms with Crippen LogP contribution in [0.1, 0.15) is 19.8 Å². The highest BCUT2D eigenvalue weighted by atomic mass is 19.2. The van der Waals surface area contributed by atoms with Crippen LogP contribution in [0.3, 0.4) is 0 Å². The predicted molar refractivity (Wildman–Crippen MR) is 34.2 cm³/mol. The van der Waals surface area contributed by atoms with Gasteiger partial charge in [-0.3, -0.25) is 0 Å². The molecule has 1 aliphatic heterocycles. The van der Waals surface area contributed by atoms with E-state index in [0.29, 0.717) is 5.92 Å². The van der Waals surface area contributed by atoms with E-state index in [1.807, 2.05) is 0 Å². The second-order valence-corrected chi connectivity index (χ2v) is 2.59. The molecule has 1 N–H and O–H groups in total. The lowest BCUT2D eigenvalue weighted by Gasteiger charge is -2.08. The Bertz CT molecular complexity index is 77.1. The number of halogens is 1. The molecular formula is C6H13FN2. The van der Waals surface area contributed by atoms with Gasteiger partial charge in [0, 0.05) is 13.1 Å². The Hall–Kier alpha value is -0.150. The summed E-state index contributed by atoms with van der Waals surface area (Å²) in [5.74, 6) is 0.702. The van der Waals surface area contributed by atoms with E-state index in [1.54, 1.807) is 10.7 Å². The number of rotatable bonds is 2. The Morgan fingerprint density at radius 3 is 2.89 bits per heavy atom. The minimum absolute atomic E-state index is 0.702. The van der Waals surface area contributed by atoms with E-state index in [-0.39, 0.29) is 0 Å². The van der Waals surface area contributed by atoms with Gasteiger partial charge in [0.05, 0.1) is 0 Å². The van der Waals surface area contributed by atoms with E-state index in [1.165, 1.54) is 0 Å². The Morgan fingerprint density at radius 1 is 1.78 bits per heavy atom. The van der Waals surface area contributed by atoms with Gasteiger partial charge < -0.3 is 0 Å². The second kappa shape index (κ2) is 3.13. The summed E-state index contributed by atoms with van der Waals surface area (Å²) in [6.07, 6.45) is 2.30. The summed E-state index contributed by atoms with van der Waals surface area (Å²) in [6, 6.07) is 0. The van der Waals surface area contributed by atoms with Crippen LogP contribution >= 0.6 is 0 Å². The van der Waals surface area contributed by atoms with Crippen molar-refractivity contribution in [3.63, 3.8) is 0 Å².